The summed E-state index contributed by atoms with van der Waals surface area (Å²) < 4.78 is 3.15. The van der Waals surface area contributed by atoms with Crippen molar-refractivity contribution >= 4 is 21.6 Å². The average Bonchev–Trinajstić information content (AvgIpc) is 2.84. The number of nitrogens with one attached hydrogen (secondary N) is 1. The number of nitrogens with zero attached hydrogens (tertiary/aromatic N) is 2. The van der Waals surface area contributed by atoms with Gasteiger partial charge in [-0.15, -0.1) is 0 Å². The summed E-state index contributed by atoms with van der Waals surface area (Å²) in [7, 11) is 0. The summed E-state index contributed by atoms with van der Waals surface area (Å²) >= 11 is 3.46. The second-order valence-electron chi connectivity index (χ2n) is 3.93. The van der Waals surface area contributed by atoms with Crippen LogP contribution in [0.15, 0.2) is 29.0 Å². The summed E-state index contributed by atoms with van der Waals surface area (Å²) in [6, 6.07) is 4.52. The predicted octanol–water partition coefficient (Wildman–Crippen LogP) is 2.52. The van der Waals surface area contributed by atoms with E-state index in [0.29, 0.717) is 6.04 Å². The van der Waals surface area contributed by atoms with Crippen molar-refractivity contribution in [3.05, 3.63) is 34.7 Å². The van der Waals surface area contributed by atoms with Gasteiger partial charge in [-0.1, -0.05) is 15.9 Å². The van der Waals surface area contributed by atoms with E-state index in [0.717, 1.165) is 22.4 Å². The van der Waals surface area contributed by atoms with Crippen LogP contribution in [0.3, 0.4) is 0 Å². The van der Waals surface area contributed by atoms with E-state index < -0.39 is 0 Å². The largest absolute Gasteiger partial charge is 0.309 e. The maximum Gasteiger partial charge on any atom is 0.138 e. The predicted molar refractivity (Wildman–Crippen MR) is 62.9 cm³/mol. The molecule has 0 amide bonds. The van der Waals surface area contributed by atoms with Crippen molar-refractivity contribution in [1.29, 1.82) is 0 Å². The minimum absolute atomic E-state index is 0.448. The zero-order valence-corrected chi connectivity index (χ0v) is 9.87. The first kappa shape index (κ1) is 9.36. The van der Waals surface area contributed by atoms with Crippen molar-refractivity contribution in [3.63, 3.8) is 0 Å². The van der Waals surface area contributed by atoms with Gasteiger partial charge in [0.05, 0.1) is 11.7 Å². The van der Waals surface area contributed by atoms with Gasteiger partial charge in [0, 0.05) is 16.9 Å². The molecule has 2 aromatic heterocycles. The van der Waals surface area contributed by atoms with Crippen LogP contribution in [0.4, 0.5) is 0 Å². The molecule has 15 heavy (non-hydrogen) atoms. The molecule has 1 saturated heterocycles. The molecule has 0 spiro atoms. The second kappa shape index (κ2) is 3.61. The molecule has 1 N–H and O–H groups in total. The Morgan fingerprint density at radius 3 is 3.27 bits per heavy atom. The van der Waals surface area contributed by atoms with Crippen molar-refractivity contribution in [2.45, 2.75) is 18.9 Å². The first-order valence-corrected chi connectivity index (χ1v) is 6.00. The van der Waals surface area contributed by atoms with Crippen LogP contribution in [-0.4, -0.2) is 15.9 Å². The third kappa shape index (κ3) is 1.68. The summed E-state index contributed by atoms with van der Waals surface area (Å²) in [6.07, 6.45) is 6.60. The van der Waals surface area contributed by atoms with Crippen LogP contribution >= 0.6 is 15.9 Å². The Morgan fingerprint density at radius 2 is 2.47 bits per heavy atom. The molecule has 1 unspecified atom stereocenters. The van der Waals surface area contributed by atoms with Crippen LogP contribution in [0.25, 0.3) is 5.65 Å². The van der Waals surface area contributed by atoms with E-state index in [-0.39, 0.29) is 0 Å². The smallest absolute Gasteiger partial charge is 0.138 e. The number of rotatable bonds is 1. The Labute approximate surface area is 96.6 Å². The normalized spacial score (nSPS) is 21.3. The maximum atomic E-state index is 4.63. The lowest BCUT2D eigenvalue weighted by Gasteiger charge is -2.04. The first-order chi connectivity index (χ1) is 7.33. The fourth-order valence-electron chi connectivity index (χ4n) is 2.08. The summed E-state index contributed by atoms with van der Waals surface area (Å²) in [5.74, 6) is 0. The van der Waals surface area contributed by atoms with Crippen LogP contribution in [0, 0.1) is 0 Å². The molecule has 1 fully saturated rings. The standard InChI is InChI=1S/C11H12BrN3/c12-8-3-5-15-7-10(14-11(15)6-8)9-2-1-4-13-9/h3,5-7,9,13H,1-2,4H2. The van der Waals surface area contributed by atoms with Gasteiger partial charge in [-0.25, -0.2) is 4.98 Å². The lowest BCUT2D eigenvalue weighted by atomic mass is 10.2. The summed E-state index contributed by atoms with van der Waals surface area (Å²) in [5.41, 5.74) is 2.17. The Kier molecular flexibility index (Phi) is 2.25. The molecule has 3 rings (SSSR count). The van der Waals surface area contributed by atoms with E-state index in [1.165, 1.54) is 12.8 Å². The van der Waals surface area contributed by atoms with Crippen LogP contribution in [0.1, 0.15) is 24.6 Å². The van der Waals surface area contributed by atoms with Crippen molar-refractivity contribution < 1.29 is 0 Å². The van der Waals surface area contributed by atoms with Gasteiger partial charge in [0.15, 0.2) is 0 Å². The molecule has 3 heterocycles. The summed E-state index contributed by atoms with van der Waals surface area (Å²) in [5, 5.41) is 3.46. The molecular formula is C11H12BrN3. The van der Waals surface area contributed by atoms with Gasteiger partial charge in [0.25, 0.3) is 0 Å². The average molecular weight is 266 g/mol. The van der Waals surface area contributed by atoms with E-state index in [1.807, 2.05) is 18.3 Å². The Hall–Kier alpha value is -0.870. The maximum absolute atomic E-state index is 4.63. The highest BCUT2D eigenvalue weighted by atomic mass is 79.9. The van der Waals surface area contributed by atoms with E-state index >= 15 is 0 Å². The number of pyridine rings is 1. The Balaban J connectivity index is 2.05. The minimum Gasteiger partial charge on any atom is -0.309 e. The number of hydrogen-bond donors (Lipinski definition) is 1. The fourth-order valence-corrected chi connectivity index (χ4v) is 2.40. The highest BCUT2D eigenvalue weighted by Gasteiger charge is 2.18. The van der Waals surface area contributed by atoms with Gasteiger partial charge >= 0.3 is 0 Å². The van der Waals surface area contributed by atoms with Crippen molar-refractivity contribution in [2.75, 3.05) is 6.54 Å². The molecule has 1 aliphatic heterocycles. The van der Waals surface area contributed by atoms with Crippen LogP contribution in [0.5, 0.6) is 0 Å². The molecular weight excluding hydrogens is 254 g/mol. The quantitative estimate of drug-likeness (QED) is 0.859. The number of aromatic nitrogens is 2. The van der Waals surface area contributed by atoms with Gasteiger partial charge in [0.1, 0.15) is 5.65 Å². The number of halogens is 1. The molecule has 0 aliphatic carbocycles. The van der Waals surface area contributed by atoms with Crippen LogP contribution in [-0.2, 0) is 0 Å². The van der Waals surface area contributed by atoms with Crippen LogP contribution in [0.2, 0.25) is 0 Å². The Morgan fingerprint density at radius 1 is 1.53 bits per heavy atom. The van der Waals surface area contributed by atoms with E-state index in [9.17, 15) is 0 Å². The van der Waals surface area contributed by atoms with E-state index in [1.54, 1.807) is 0 Å². The molecule has 0 aromatic carbocycles. The number of fused-ring (bicyclic) bond motifs is 1. The molecule has 0 saturated carbocycles. The SMILES string of the molecule is Brc1ccn2cc(C3CCCN3)nc2c1. The lowest BCUT2D eigenvalue weighted by molar-refractivity contribution is 0.632. The van der Waals surface area contributed by atoms with E-state index in [4.69, 9.17) is 0 Å². The van der Waals surface area contributed by atoms with Crippen LogP contribution < -0.4 is 5.32 Å². The Bertz CT molecular complexity index is 486. The zero-order chi connectivity index (χ0) is 10.3. The first-order valence-electron chi connectivity index (χ1n) is 5.20. The molecule has 78 valence electrons. The molecule has 0 bridgehead atoms. The molecule has 1 aliphatic rings. The lowest BCUT2D eigenvalue weighted by Crippen LogP contribution is -2.12. The minimum atomic E-state index is 0.448. The van der Waals surface area contributed by atoms with E-state index in [2.05, 4.69) is 36.8 Å². The fraction of sp³-hybridized carbons (Fsp3) is 0.364. The second-order valence-corrected chi connectivity index (χ2v) is 4.84. The van der Waals surface area contributed by atoms with Gasteiger partial charge < -0.3 is 9.72 Å². The third-order valence-electron chi connectivity index (χ3n) is 2.86. The number of imidazole rings is 1. The zero-order valence-electron chi connectivity index (χ0n) is 8.28. The van der Waals surface area contributed by atoms with Gasteiger partial charge in [-0.05, 0) is 31.5 Å². The van der Waals surface area contributed by atoms with Crippen molar-refractivity contribution in [2.24, 2.45) is 0 Å². The molecule has 4 heteroatoms. The molecule has 2 aromatic rings. The summed E-state index contributed by atoms with van der Waals surface area (Å²) in [6.45, 7) is 1.11. The monoisotopic (exact) mass is 265 g/mol. The van der Waals surface area contributed by atoms with Crippen molar-refractivity contribution in [1.82, 2.24) is 14.7 Å². The molecule has 3 nitrogen and oxygen atoms in total. The molecule has 0 radical (unpaired) electrons. The third-order valence-corrected chi connectivity index (χ3v) is 3.35. The highest BCUT2D eigenvalue weighted by Crippen LogP contribution is 2.23. The highest BCUT2D eigenvalue weighted by molar-refractivity contribution is 9.10. The van der Waals surface area contributed by atoms with Gasteiger partial charge in [-0.2, -0.15) is 0 Å². The van der Waals surface area contributed by atoms with Gasteiger partial charge in [-0.3, -0.25) is 0 Å². The molecule has 1 atom stereocenters. The topological polar surface area (TPSA) is 29.3 Å². The summed E-state index contributed by atoms with van der Waals surface area (Å²) in [4.78, 5) is 4.63. The van der Waals surface area contributed by atoms with Gasteiger partial charge in [0.2, 0.25) is 0 Å². The van der Waals surface area contributed by atoms with Crippen molar-refractivity contribution in [3.8, 4) is 0 Å². The number of hydrogen-bond acceptors (Lipinski definition) is 2.